The first-order valence-corrected chi connectivity index (χ1v) is 10.2. The molecule has 2 aromatic heterocycles. The van der Waals surface area contributed by atoms with Crippen molar-refractivity contribution in [3.63, 3.8) is 0 Å². The van der Waals surface area contributed by atoms with Gasteiger partial charge in [0.05, 0.1) is 26.1 Å². The Bertz CT molecular complexity index is 1160. The number of hydrogen-bond acceptors (Lipinski definition) is 6. The molecule has 0 amide bonds. The van der Waals surface area contributed by atoms with E-state index in [2.05, 4.69) is 10.5 Å². The van der Waals surface area contributed by atoms with E-state index in [0.717, 1.165) is 30.4 Å². The fraction of sp³-hybridized carbons (Fsp3) is 0. The van der Waals surface area contributed by atoms with Crippen molar-refractivity contribution in [3.8, 4) is 0 Å². The maximum absolute atomic E-state index is 13.2. The molecule has 5 rings (SSSR count). The lowest BCUT2D eigenvalue weighted by Gasteiger charge is -2.03. The highest BCUT2D eigenvalue weighted by Crippen LogP contribution is 2.28. The third-order valence-corrected chi connectivity index (χ3v) is 6.22. The van der Waals surface area contributed by atoms with Crippen LogP contribution in [0.2, 0.25) is 0 Å². The third-order valence-electron chi connectivity index (χ3n) is 4.13. The molecule has 0 radical (unpaired) electrons. The maximum Gasteiger partial charge on any atom is 0.155 e. The van der Waals surface area contributed by atoms with Gasteiger partial charge in [-0.2, -0.15) is 5.10 Å². The SMILES string of the molecule is Fc1ccc(NN=C(c2nc3ccccc3s2)c2nc3ccccc3s2)cc1. The van der Waals surface area contributed by atoms with Gasteiger partial charge in [0.1, 0.15) is 15.8 Å². The normalized spacial score (nSPS) is 11.0. The van der Waals surface area contributed by atoms with Crippen LogP contribution in [0.3, 0.4) is 0 Å². The van der Waals surface area contributed by atoms with Gasteiger partial charge in [0, 0.05) is 0 Å². The molecular formula is C21H13FN4S2. The molecule has 0 aliphatic rings. The number of aromatic nitrogens is 2. The molecule has 0 unspecified atom stereocenters. The molecule has 0 fully saturated rings. The molecule has 0 atom stereocenters. The number of rotatable bonds is 4. The molecule has 2 heterocycles. The zero-order valence-corrected chi connectivity index (χ0v) is 16.1. The highest BCUT2D eigenvalue weighted by Gasteiger charge is 2.17. The van der Waals surface area contributed by atoms with Crippen LogP contribution in [-0.2, 0) is 0 Å². The number of halogens is 1. The Morgan fingerprint density at radius 3 is 1.82 bits per heavy atom. The second kappa shape index (κ2) is 7.10. The van der Waals surface area contributed by atoms with E-state index in [1.165, 1.54) is 12.1 Å². The van der Waals surface area contributed by atoms with Crippen LogP contribution in [0.1, 0.15) is 10.0 Å². The summed E-state index contributed by atoms with van der Waals surface area (Å²) in [5.41, 5.74) is 6.24. The maximum atomic E-state index is 13.2. The van der Waals surface area contributed by atoms with Crippen molar-refractivity contribution < 1.29 is 4.39 Å². The van der Waals surface area contributed by atoms with Gasteiger partial charge >= 0.3 is 0 Å². The summed E-state index contributed by atoms with van der Waals surface area (Å²) in [7, 11) is 0. The molecule has 1 N–H and O–H groups in total. The van der Waals surface area contributed by atoms with E-state index in [9.17, 15) is 4.39 Å². The highest BCUT2D eigenvalue weighted by atomic mass is 32.1. The fourth-order valence-corrected chi connectivity index (χ4v) is 4.76. The summed E-state index contributed by atoms with van der Waals surface area (Å²) < 4.78 is 15.4. The summed E-state index contributed by atoms with van der Waals surface area (Å²) in [6, 6.07) is 22.1. The molecule has 3 aromatic carbocycles. The molecule has 0 spiro atoms. The van der Waals surface area contributed by atoms with Gasteiger partial charge in [-0.3, -0.25) is 5.43 Å². The molecule has 7 heteroatoms. The summed E-state index contributed by atoms with van der Waals surface area (Å²) in [6.45, 7) is 0. The number of nitrogens with zero attached hydrogens (tertiary/aromatic N) is 3. The van der Waals surface area contributed by atoms with Gasteiger partial charge in [-0.05, 0) is 48.5 Å². The third kappa shape index (κ3) is 3.26. The minimum Gasteiger partial charge on any atom is -0.278 e. The first-order valence-electron chi connectivity index (χ1n) is 8.57. The van der Waals surface area contributed by atoms with E-state index < -0.39 is 0 Å². The number of thiazole rings is 2. The lowest BCUT2D eigenvalue weighted by atomic mass is 10.3. The predicted molar refractivity (Wildman–Crippen MR) is 115 cm³/mol. The monoisotopic (exact) mass is 404 g/mol. The number of hydrogen-bond donors (Lipinski definition) is 1. The Hall–Kier alpha value is -3.16. The van der Waals surface area contributed by atoms with Crippen molar-refractivity contribution in [2.24, 2.45) is 5.10 Å². The van der Waals surface area contributed by atoms with E-state index in [0.29, 0.717) is 11.4 Å². The van der Waals surface area contributed by atoms with Crippen molar-refractivity contribution in [1.82, 2.24) is 9.97 Å². The van der Waals surface area contributed by atoms with Crippen molar-refractivity contribution in [1.29, 1.82) is 0 Å². The summed E-state index contributed by atoms with van der Waals surface area (Å²) in [5.74, 6) is -0.285. The second-order valence-corrected chi connectivity index (χ2v) is 8.11. The second-order valence-electron chi connectivity index (χ2n) is 6.05. The molecule has 136 valence electrons. The van der Waals surface area contributed by atoms with Crippen LogP contribution >= 0.6 is 22.7 Å². The first-order chi connectivity index (χ1) is 13.8. The van der Waals surface area contributed by atoms with Crippen LogP contribution in [0, 0.1) is 5.82 Å². The number of fused-ring (bicyclic) bond motifs is 2. The summed E-state index contributed by atoms with van der Waals surface area (Å²) >= 11 is 3.14. The number of nitrogens with one attached hydrogen (secondary N) is 1. The number of hydrazone groups is 1. The zero-order chi connectivity index (χ0) is 18.9. The van der Waals surface area contributed by atoms with Crippen LogP contribution in [0.15, 0.2) is 77.9 Å². The van der Waals surface area contributed by atoms with E-state index in [4.69, 9.17) is 9.97 Å². The van der Waals surface area contributed by atoms with E-state index in [1.54, 1.807) is 34.8 Å². The largest absolute Gasteiger partial charge is 0.278 e. The summed E-state index contributed by atoms with van der Waals surface area (Å²) in [5, 5.41) is 6.17. The number of para-hydroxylation sites is 2. The topological polar surface area (TPSA) is 50.2 Å². The van der Waals surface area contributed by atoms with Gasteiger partial charge in [0.2, 0.25) is 0 Å². The average Bonchev–Trinajstić information content (AvgIpc) is 3.33. The molecule has 0 aliphatic carbocycles. The van der Waals surface area contributed by atoms with Crippen molar-refractivity contribution >= 4 is 54.5 Å². The number of anilines is 1. The minimum absolute atomic E-state index is 0.285. The van der Waals surface area contributed by atoms with Crippen molar-refractivity contribution in [2.45, 2.75) is 0 Å². The van der Waals surface area contributed by atoms with Crippen LogP contribution in [0.4, 0.5) is 10.1 Å². The smallest absolute Gasteiger partial charge is 0.155 e. The fourth-order valence-electron chi connectivity index (χ4n) is 2.78. The Kier molecular flexibility index (Phi) is 4.31. The van der Waals surface area contributed by atoms with Crippen molar-refractivity contribution in [3.05, 3.63) is 88.6 Å². The standard InChI is InChI=1S/C21H13FN4S2/c22-13-9-11-14(12-10-13)25-26-19(20-23-15-5-1-3-7-17(15)27-20)21-24-16-6-2-4-8-18(16)28-21/h1-12,25H. The Morgan fingerprint density at radius 1 is 0.750 bits per heavy atom. The van der Waals surface area contributed by atoms with Crippen LogP contribution in [0.5, 0.6) is 0 Å². The van der Waals surface area contributed by atoms with Crippen molar-refractivity contribution in [2.75, 3.05) is 5.43 Å². The molecule has 0 bridgehead atoms. The molecule has 0 saturated heterocycles. The highest BCUT2D eigenvalue weighted by molar-refractivity contribution is 7.23. The van der Waals surface area contributed by atoms with E-state index in [1.807, 2.05) is 48.5 Å². The van der Waals surface area contributed by atoms with Gasteiger partial charge < -0.3 is 0 Å². The average molecular weight is 404 g/mol. The number of benzene rings is 3. The van der Waals surface area contributed by atoms with Gasteiger partial charge in [-0.25, -0.2) is 14.4 Å². The molecule has 0 saturated carbocycles. The molecule has 28 heavy (non-hydrogen) atoms. The van der Waals surface area contributed by atoms with Gasteiger partial charge in [-0.1, -0.05) is 24.3 Å². The lowest BCUT2D eigenvalue weighted by molar-refractivity contribution is 0.628. The van der Waals surface area contributed by atoms with Gasteiger partial charge in [0.25, 0.3) is 0 Å². The zero-order valence-electron chi connectivity index (χ0n) is 14.5. The van der Waals surface area contributed by atoms with Gasteiger partial charge in [-0.15, -0.1) is 22.7 Å². The molecule has 0 aliphatic heterocycles. The Morgan fingerprint density at radius 2 is 1.29 bits per heavy atom. The van der Waals surface area contributed by atoms with Crippen LogP contribution < -0.4 is 5.43 Å². The van der Waals surface area contributed by atoms with Gasteiger partial charge in [0.15, 0.2) is 5.71 Å². The Labute approximate surface area is 168 Å². The quantitative estimate of drug-likeness (QED) is 0.299. The molecule has 4 nitrogen and oxygen atoms in total. The van der Waals surface area contributed by atoms with Crippen LogP contribution in [0.25, 0.3) is 20.4 Å². The minimum atomic E-state index is -0.285. The summed E-state index contributed by atoms with van der Waals surface area (Å²) in [4.78, 5) is 9.48. The molecular weight excluding hydrogens is 391 g/mol. The lowest BCUT2D eigenvalue weighted by Crippen LogP contribution is -2.06. The van der Waals surface area contributed by atoms with E-state index in [-0.39, 0.29) is 5.82 Å². The summed E-state index contributed by atoms with van der Waals surface area (Å²) in [6.07, 6.45) is 0. The first kappa shape index (κ1) is 17.0. The predicted octanol–water partition coefficient (Wildman–Crippen LogP) is 5.91. The van der Waals surface area contributed by atoms with E-state index >= 15 is 0 Å². The molecule has 5 aromatic rings. The van der Waals surface area contributed by atoms with Crippen LogP contribution in [-0.4, -0.2) is 15.7 Å². The Balaban J connectivity index is 1.62.